The third kappa shape index (κ3) is 3.22. The van der Waals surface area contributed by atoms with Crippen LogP contribution in [0.5, 0.6) is 0 Å². The second-order valence-electron chi connectivity index (χ2n) is 2.52. The van der Waals surface area contributed by atoms with E-state index in [9.17, 15) is 0 Å². The van der Waals surface area contributed by atoms with Crippen LogP contribution in [-0.4, -0.2) is 16.9 Å². The standard InChI is InChI=1S/C10H12N2OS/c1-2-13-10(12)14-9(11)8-6-4-3-5-7-8/h3-7,11-12H,2H2,1H3. The lowest BCUT2D eigenvalue weighted by Gasteiger charge is -2.04. The quantitative estimate of drug-likeness (QED) is 0.580. The Morgan fingerprint density at radius 2 is 1.93 bits per heavy atom. The van der Waals surface area contributed by atoms with Gasteiger partial charge in [0.2, 0.25) is 5.23 Å². The molecule has 0 aliphatic rings. The maximum Gasteiger partial charge on any atom is 0.249 e. The first-order valence-electron chi connectivity index (χ1n) is 4.27. The van der Waals surface area contributed by atoms with Crippen LogP contribution in [0.2, 0.25) is 0 Å². The van der Waals surface area contributed by atoms with E-state index in [2.05, 4.69) is 0 Å². The van der Waals surface area contributed by atoms with Crippen LogP contribution in [0.1, 0.15) is 12.5 Å². The molecule has 0 aliphatic carbocycles. The van der Waals surface area contributed by atoms with E-state index in [1.807, 2.05) is 37.3 Å². The summed E-state index contributed by atoms with van der Waals surface area (Å²) in [4.78, 5) is 0. The highest BCUT2D eigenvalue weighted by Crippen LogP contribution is 2.13. The Labute approximate surface area is 87.5 Å². The maximum atomic E-state index is 7.68. The van der Waals surface area contributed by atoms with Crippen LogP contribution in [0.25, 0.3) is 0 Å². The van der Waals surface area contributed by atoms with Gasteiger partial charge >= 0.3 is 0 Å². The van der Waals surface area contributed by atoms with Crippen LogP contribution in [0.4, 0.5) is 0 Å². The minimum atomic E-state index is 0.0707. The lowest BCUT2D eigenvalue weighted by Crippen LogP contribution is -2.03. The van der Waals surface area contributed by atoms with E-state index in [-0.39, 0.29) is 5.23 Å². The van der Waals surface area contributed by atoms with Crippen molar-refractivity contribution in [3.8, 4) is 0 Å². The van der Waals surface area contributed by atoms with Crippen molar-refractivity contribution in [3.05, 3.63) is 35.9 Å². The van der Waals surface area contributed by atoms with Gasteiger partial charge in [0.1, 0.15) is 5.04 Å². The molecule has 0 bridgehead atoms. The maximum absolute atomic E-state index is 7.68. The first-order chi connectivity index (χ1) is 6.74. The van der Waals surface area contributed by atoms with Crippen molar-refractivity contribution >= 4 is 22.0 Å². The Morgan fingerprint density at radius 1 is 1.29 bits per heavy atom. The van der Waals surface area contributed by atoms with Crippen molar-refractivity contribution in [2.75, 3.05) is 6.61 Å². The number of nitrogens with one attached hydrogen (secondary N) is 2. The third-order valence-corrected chi connectivity index (χ3v) is 2.25. The molecule has 0 spiro atoms. The van der Waals surface area contributed by atoms with Crippen molar-refractivity contribution in [1.82, 2.24) is 0 Å². The Kier molecular flexibility index (Phi) is 4.19. The summed E-state index contributed by atoms with van der Waals surface area (Å²) in [6.45, 7) is 2.29. The van der Waals surface area contributed by atoms with Crippen LogP contribution in [0.3, 0.4) is 0 Å². The molecule has 1 rings (SSSR count). The Balaban J connectivity index is 2.55. The zero-order valence-corrected chi connectivity index (χ0v) is 8.73. The van der Waals surface area contributed by atoms with E-state index < -0.39 is 0 Å². The molecule has 1 aromatic carbocycles. The molecule has 2 N–H and O–H groups in total. The number of ether oxygens (including phenoxy) is 1. The van der Waals surface area contributed by atoms with Gasteiger partial charge in [-0.15, -0.1) is 0 Å². The Bertz CT molecular complexity index is 324. The van der Waals surface area contributed by atoms with Crippen LogP contribution < -0.4 is 0 Å². The van der Waals surface area contributed by atoms with E-state index in [1.165, 1.54) is 0 Å². The van der Waals surface area contributed by atoms with Crippen molar-refractivity contribution in [1.29, 1.82) is 10.8 Å². The van der Waals surface area contributed by atoms with E-state index in [1.54, 1.807) is 0 Å². The molecule has 0 atom stereocenters. The van der Waals surface area contributed by atoms with Crippen molar-refractivity contribution in [2.45, 2.75) is 6.92 Å². The lowest BCUT2D eigenvalue weighted by atomic mass is 10.2. The predicted octanol–water partition coefficient (Wildman–Crippen LogP) is 2.72. The average molecular weight is 208 g/mol. The molecule has 0 radical (unpaired) electrons. The van der Waals surface area contributed by atoms with Gasteiger partial charge in [0.15, 0.2) is 0 Å². The number of hydrogen-bond donors (Lipinski definition) is 2. The van der Waals surface area contributed by atoms with E-state index in [4.69, 9.17) is 15.6 Å². The summed E-state index contributed by atoms with van der Waals surface area (Å²) in [5.41, 5.74) is 0.807. The van der Waals surface area contributed by atoms with Crippen molar-refractivity contribution < 1.29 is 4.74 Å². The Morgan fingerprint density at radius 3 is 2.50 bits per heavy atom. The number of hydrogen-bond acceptors (Lipinski definition) is 4. The minimum absolute atomic E-state index is 0.0707. The molecule has 0 amide bonds. The molecule has 3 nitrogen and oxygen atoms in total. The minimum Gasteiger partial charge on any atom is -0.473 e. The number of thioether (sulfide) groups is 1. The van der Waals surface area contributed by atoms with Crippen LogP contribution in [-0.2, 0) is 4.74 Å². The third-order valence-electron chi connectivity index (χ3n) is 1.51. The fraction of sp³-hybridized carbons (Fsp3) is 0.200. The van der Waals surface area contributed by atoms with Gasteiger partial charge in [-0.1, -0.05) is 30.3 Å². The zero-order valence-electron chi connectivity index (χ0n) is 7.91. The number of benzene rings is 1. The molecule has 0 aromatic heterocycles. The summed E-state index contributed by atoms with van der Waals surface area (Å²) in [7, 11) is 0. The van der Waals surface area contributed by atoms with E-state index in [0.29, 0.717) is 11.7 Å². The molecule has 0 fully saturated rings. The molecular formula is C10H12N2OS. The normalized spacial score (nSPS) is 9.50. The molecular weight excluding hydrogens is 196 g/mol. The molecule has 0 aliphatic heterocycles. The fourth-order valence-electron chi connectivity index (χ4n) is 0.902. The van der Waals surface area contributed by atoms with Crippen LogP contribution >= 0.6 is 11.8 Å². The highest BCUT2D eigenvalue weighted by Gasteiger charge is 2.05. The van der Waals surface area contributed by atoms with E-state index >= 15 is 0 Å². The van der Waals surface area contributed by atoms with Gasteiger partial charge in [-0.3, -0.25) is 10.8 Å². The summed E-state index contributed by atoms with van der Waals surface area (Å²) >= 11 is 1.02. The predicted molar refractivity (Wildman–Crippen MR) is 60.2 cm³/mol. The Hall–Kier alpha value is -1.29. The van der Waals surface area contributed by atoms with Crippen molar-refractivity contribution in [3.63, 3.8) is 0 Å². The summed E-state index contributed by atoms with van der Waals surface area (Å²) in [5, 5.41) is 15.5. The highest BCUT2D eigenvalue weighted by atomic mass is 32.2. The molecule has 74 valence electrons. The van der Waals surface area contributed by atoms with Crippen molar-refractivity contribution in [2.24, 2.45) is 0 Å². The number of rotatable bonds is 2. The molecule has 14 heavy (non-hydrogen) atoms. The molecule has 1 aromatic rings. The van der Waals surface area contributed by atoms with Crippen LogP contribution in [0, 0.1) is 10.8 Å². The molecule has 0 unspecified atom stereocenters. The van der Waals surface area contributed by atoms with Gasteiger partial charge in [-0.2, -0.15) is 0 Å². The average Bonchev–Trinajstić information content (AvgIpc) is 2.19. The topological polar surface area (TPSA) is 56.9 Å². The van der Waals surface area contributed by atoms with Gasteiger partial charge in [-0.05, 0) is 18.7 Å². The van der Waals surface area contributed by atoms with Gasteiger partial charge in [0.25, 0.3) is 0 Å². The highest BCUT2D eigenvalue weighted by molar-refractivity contribution is 8.26. The second-order valence-corrected chi connectivity index (χ2v) is 3.50. The van der Waals surface area contributed by atoms with Gasteiger partial charge in [0.05, 0.1) is 6.61 Å². The second kappa shape index (κ2) is 5.44. The zero-order chi connectivity index (χ0) is 10.4. The first kappa shape index (κ1) is 10.8. The first-order valence-corrected chi connectivity index (χ1v) is 5.09. The molecule has 0 saturated heterocycles. The largest absolute Gasteiger partial charge is 0.473 e. The molecule has 0 heterocycles. The monoisotopic (exact) mass is 208 g/mol. The summed E-state index contributed by atoms with van der Waals surface area (Å²) in [5.74, 6) is 0. The fourth-order valence-corrected chi connectivity index (χ4v) is 1.52. The summed E-state index contributed by atoms with van der Waals surface area (Å²) < 4.78 is 4.94. The van der Waals surface area contributed by atoms with E-state index in [0.717, 1.165) is 17.3 Å². The smallest absolute Gasteiger partial charge is 0.249 e. The summed E-state index contributed by atoms with van der Waals surface area (Å²) in [6.07, 6.45) is 0. The van der Waals surface area contributed by atoms with Gasteiger partial charge < -0.3 is 4.74 Å². The van der Waals surface area contributed by atoms with Gasteiger partial charge in [0, 0.05) is 5.56 Å². The van der Waals surface area contributed by atoms with Crippen LogP contribution in [0.15, 0.2) is 30.3 Å². The SMILES string of the molecule is CCOC(=N)SC(=N)c1ccccc1. The lowest BCUT2D eigenvalue weighted by molar-refractivity contribution is 0.335. The molecule has 0 saturated carbocycles. The summed E-state index contributed by atoms with van der Waals surface area (Å²) in [6, 6.07) is 9.32. The molecule has 4 heteroatoms. The van der Waals surface area contributed by atoms with Gasteiger partial charge in [-0.25, -0.2) is 0 Å².